The Balaban J connectivity index is 2.66. The third kappa shape index (κ3) is 3.03. The molecule has 0 unspecified atom stereocenters. The molecule has 88 valence electrons. The predicted molar refractivity (Wildman–Crippen MR) is 63.6 cm³/mol. The van der Waals surface area contributed by atoms with E-state index in [1.54, 1.807) is 12.4 Å². The van der Waals surface area contributed by atoms with Gasteiger partial charge in [-0.25, -0.2) is 0 Å². The van der Waals surface area contributed by atoms with Crippen LogP contribution < -0.4 is 11.1 Å². The highest BCUT2D eigenvalue weighted by Gasteiger charge is 2.26. The van der Waals surface area contributed by atoms with E-state index in [-0.39, 0.29) is 11.9 Å². The smallest absolute Gasteiger partial charge is 0.227 e. The Hall–Kier alpha value is -1.42. The average Bonchev–Trinajstić information content (AvgIpc) is 2.30. The van der Waals surface area contributed by atoms with Gasteiger partial charge in [-0.1, -0.05) is 6.07 Å². The molecule has 0 aliphatic carbocycles. The van der Waals surface area contributed by atoms with Crippen molar-refractivity contribution in [3.8, 4) is 0 Å². The van der Waals surface area contributed by atoms with Crippen molar-refractivity contribution in [2.45, 2.75) is 26.8 Å². The Labute approximate surface area is 96.3 Å². The molecular formula is C12H19N3O. The normalized spacial score (nSPS) is 13.2. The van der Waals surface area contributed by atoms with Gasteiger partial charge in [0, 0.05) is 18.9 Å². The summed E-state index contributed by atoms with van der Waals surface area (Å²) in [5.41, 5.74) is 6.01. The van der Waals surface area contributed by atoms with Crippen LogP contribution in [0, 0.1) is 5.41 Å². The van der Waals surface area contributed by atoms with Crippen LogP contribution in [0.1, 0.15) is 32.4 Å². The van der Waals surface area contributed by atoms with Gasteiger partial charge in [0.2, 0.25) is 5.91 Å². The van der Waals surface area contributed by atoms with Crippen LogP contribution in [0.5, 0.6) is 0 Å². The van der Waals surface area contributed by atoms with Gasteiger partial charge in [0.1, 0.15) is 0 Å². The molecule has 4 heteroatoms. The molecule has 1 aromatic rings. The number of nitrogens with two attached hydrogens (primary N) is 1. The number of carbonyl (C=O) groups excluding carboxylic acids is 1. The number of rotatable bonds is 4. The first kappa shape index (κ1) is 12.6. The lowest BCUT2D eigenvalue weighted by Gasteiger charge is -2.24. The number of carbonyl (C=O) groups is 1. The van der Waals surface area contributed by atoms with E-state index in [4.69, 9.17) is 5.73 Å². The fourth-order valence-electron chi connectivity index (χ4n) is 1.20. The van der Waals surface area contributed by atoms with Gasteiger partial charge in [0.05, 0.1) is 11.5 Å². The zero-order valence-electron chi connectivity index (χ0n) is 10.0. The number of aromatic nitrogens is 1. The summed E-state index contributed by atoms with van der Waals surface area (Å²) >= 11 is 0. The van der Waals surface area contributed by atoms with E-state index in [0.717, 1.165) is 5.56 Å². The summed E-state index contributed by atoms with van der Waals surface area (Å²) in [6, 6.07) is 3.74. The van der Waals surface area contributed by atoms with Crippen molar-refractivity contribution in [2.75, 3.05) is 6.54 Å². The number of hydrogen-bond acceptors (Lipinski definition) is 3. The number of pyridine rings is 1. The predicted octanol–water partition coefficient (Wildman–Crippen LogP) is 1.24. The zero-order chi connectivity index (χ0) is 12.2. The molecule has 0 aliphatic rings. The third-order valence-corrected chi connectivity index (χ3v) is 2.66. The molecule has 0 spiro atoms. The van der Waals surface area contributed by atoms with Gasteiger partial charge in [-0.3, -0.25) is 9.78 Å². The summed E-state index contributed by atoms with van der Waals surface area (Å²) in [6.07, 6.45) is 3.46. The fourth-order valence-corrected chi connectivity index (χ4v) is 1.20. The summed E-state index contributed by atoms with van der Waals surface area (Å²) in [5, 5.41) is 2.93. The molecule has 0 aromatic carbocycles. The minimum Gasteiger partial charge on any atom is -0.349 e. The second kappa shape index (κ2) is 5.07. The molecule has 0 radical (unpaired) electrons. The minimum absolute atomic E-state index is 0.0358. The van der Waals surface area contributed by atoms with Crippen molar-refractivity contribution >= 4 is 5.91 Å². The van der Waals surface area contributed by atoms with Gasteiger partial charge in [-0.2, -0.15) is 0 Å². The van der Waals surface area contributed by atoms with Crippen LogP contribution in [0.4, 0.5) is 0 Å². The van der Waals surface area contributed by atoms with Crippen LogP contribution in [0.3, 0.4) is 0 Å². The number of nitrogens with one attached hydrogen (secondary N) is 1. The van der Waals surface area contributed by atoms with E-state index in [1.807, 2.05) is 32.9 Å². The summed E-state index contributed by atoms with van der Waals surface area (Å²) in [7, 11) is 0. The van der Waals surface area contributed by atoms with Gasteiger partial charge < -0.3 is 11.1 Å². The highest BCUT2D eigenvalue weighted by molar-refractivity contribution is 5.82. The molecule has 0 bridgehead atoms. The Morgan fingerprint density at radius 3 is 2.81 bits per heavy atom. The lowest BCUT2D eigenvalue weighted by atomic mass is 9.92. The van der Waals surface area contributed by atoms with E-state index < -0.39 is 5.41 Å². The fraction of sp³-hybridized carbons (Fsp3) is 0.500. The second-order valence-corrected chi connectivity index (χ2v) is 4.57. The van der Waals surface area contributed by atoms with Crippen molar-refractivity contribution in [3.63, 3.8) is 0 Å². The molecule has 0 fully saturated rings. The maximum absolute atomic E-state index is 11.9. The first-order valence-corrected chi connectivity index (χ1v) is 5.38. The molecule has 3 N–H and O–H groups in total. The molecule has 0 saturated carbocycles. The molecule has 1 aromatic heterocycles. The lowest BCUT2D eigenvalue weighted by molar-refractivity contribution is -0.129. The van der Waals surface area contributed by atoms with E-state index in [0.29, 0.717) is 6.54 Å². The average molecular weight is 221 g/mol. The topological polar surface area (TPSA) is 68.0 Å². The molecule has 0 saturated heterocycles. The lowest BCUT2D eigenvalue weighted by Crippen LogP contribution is -2.42. The maximum Gasteiger partial charge on any atom is 0.227 e. The molecule has 1 amide bonds. The van der Waals surface area contributed by atoms with E-state index in [1.165, 1.54) is 0 Å². The first-order valence-electron chi connectivity index (χ1n) is 5.38. The van der Waals surface area contributed by atoms with Crippen molar-refractivity contribution in [1.29, 1.82) is 0 Å². The van der Waals surface area contributed by atoms with Crippen molar-refractivity contribution < 1.29 is 4.79 Å². The monoisotopic (exact) mass is 221 g/mol. The summed E-state index contributed by atoms with van der Waals surface area (Å²) in [6.45, 7) is 5.93. The van der Waals surface area contributed by atoms with Crippen LogP contribution in [0.25, 0.3) is 0 Å². The van der Waals surface area contributed by atoms with Crippen molar-refractivity contribution in [2.24, 2.45) is 11.1 Å². The number of amides is 1. The van der Waals surface area contributed by atoms with E-state index in [9.17, 15) is 4.79 Å². The van der Waals surface area contributed by atoms with Gasteiger partial charge in [-0.05, 0) is 32.4 Å². The molecule has 1 rings (SSSR count). The minimum atomic E-state index is -0.531. The van der Waals surface area contributed by atoms with Crippen LogP contribution in [-0.4, -0.2) is 17.4 Å². The maximum atomic E-state index is 11.9. The van der Waals surface area contributed by atoms with Gasteiger partial charge in [-0.15, -0.1) is 0 Å². The Morgan fingerprint density at radius 1 is 1.62 bits per heavy atom. The summed E-state index contributed by atoms with van der Waals surface area (Å²) in [5.74, 6) is -0.0358. The first-order chi connectivity index (χ1) is 7.47. The summed E-state index contributed by atoms with van der Waals surface area (Å²) in [4.78, 5) is 15.9. The molecule has 4 nitrogen and oxygen atoms in total. The molecule has 16 heavy (non-hydrogen) atoms. The standard InChI is InChI=1S/C12H19N3O/c1-9(10-5-4-6-14-7-10)15-11(16)12(2,3)8-13/h4-7,9H,8,13H2,1-3H3,(H,15,16)/t9-/m0/s1. The van der Waals surface area contributed by atoms with Crippen LogP contribution in [-0.2, 0) is 4.79 Å². The molecule has 1 atom stereocenters. The van der Waals surface area contributed by atoms with Crippen LogP contribution >= 0.6 is 0 Å². The van der Waals surface area contributed by atoms with E-state index >= 15 is 0 Å². The number of hydrogen-bond donors (Lipinski definition) is 2. The van der Waals surface area contributed by atoms with E-state index in [2.05, 4.69) is 10.3 Å². The zero-order valence-corrected chi connectivity index (χ0v) is 10.0. The van der Waals surface area contributed by atoms with Gasteiger partial charge in [0.25, 0.3) is 0 Å². The highest BCUT2D eigenvalue weighted by Crippen LogP contribution is 2.16. The quantitative estimate of drug-likeness (QED) is 0.804. The van der Waals surface area contributed by atoms with Gasteiger partial charge >= 0.3 is 0 Å². The molecule has 1 heterocycles. The van der Waals surface area contributed by atoms with Crippen LogP contribution in [0.15, 0.2) is 24.5 Å². The Morgan fingerprint density at radius 2 is 2.31 bits per heavy atom. The third-order valence-electron chi connectivity index (χ3n) is 2.66. The van der Waals surface area contributed by atoms with Crippen molar-refractivity contribution in [3.05, 3.63) is 30.1 Å². The van der Waals surface area contributed by atoms with Crippen LogP contribution in [0.2, 0.25) is 0 Å². The second-order valence-electron chi connectivity index (χ2n) is 4.57. The highest BCUT2D eigenvalue weighted by atomic mass is 16.2. The largest absolute Gasteiger partial charge is 0.349 e. The van der Waals surface area contributed by atoms with Gasteiger partial charge in [0.15, 0.2) is 0 Å². The Bertz CT molecular complexity index is 349. The van der Waals surface area contributed by atoms with Crippen molar-refractivity contribution in [1.82, 2.24) is 10.3 Å². The SMILES string of the molecule is C[C@H](NC(=O)C(C)(C)CN)c1cccnc1. The summed E-state index contributed by atoms with van der Waals surface area (Å²) < 4.78 is 0. The molecule has 0 aliphatic heterocycles. The number of nitrogens with zero attached hydrogens (tertiary/aromatic N) is 1. The molecular weight excluding hydrogens is 202 g/mol. The Kier molecular flexibility index (Phi) is 4.01.